The van der Waals surface area contributed by atoms with Gasteiger partial charge in [-0.05, 0) is 18.2 Å². The lowest BCUT2D eigenvalue weighted by Gasteiger charge is -1.98. The van der Waals surface area contributed by atoms with Crippen LogP contribution in [-0.2, 0) is 12.4 Å². The lowest BCUT2D eigenvalue weighted by molar-refractivity contribution is 0.285. The van der Waals surface area contributed by atoms with E-state index in [4.69, 9.17) is 5.11 Å². The fraction of sp³-hybridized carbons (Fsp3) is 0.182. The van der Waals surface area contributed by atoms with Crippen molar-refractivity contribution in [3.8, 4) is 0 Å². The molecule has 0 fully saturated rings. The van der Waals surface area contributed by atoms with Crippen LogP contribution in [0.4, 0.5) is 4.39 Å². The molecular weight excluding hydrogens is 245 g/mol. The molecule has 1 aromatic heterocycles. The molecule has 0 aliphatic rings. The highest BCUT2D eigenvalue weighted by molar-refractivity contribution is 7.98. The summed E-state index contributed by atoms with van der Waals surface area (Å²) in [5, 5.41) is 9.83. The van der Waals surface area contributed by atoms with E-state index in [0.29, 0.717) is 5.75 Å². The van der Waals surface area contributed by atoms with Gasteiger partial charge in [0.05, 0.1) is 17.2 Å². The molecule has 1 heterocycles. The van der Waals surface area contributed by atoms with Crippen LogP contribution in [0.3, 0.4) is 0 Å². The molecule has 2 nitrogen and oxygen atoms in total. The Bertz CT molecular complexity index is 473. The topological polar surface area (TPSA) is 33.1 Å². The van der Waals surface area contributed by atoms with Crippen LogP contribution in [0.15, 0.2) is 35.4 Å². The summed E-state index contributed by atoms with van der Waals surface area (Å²) in [6.07, 6.45) is 1.67. The van der Waals surface area contributed by atoms with Gasteiger partial charge >= 0.3 is 0 Å². The van der Waals surface area contributed by atoms with Crippen molar-refractivity contribution < 1.29 is 9.50 Å². The highest BCUT2D eigenvalue weighted by Gasteiger charge is 2.02. The maximum atomic E-state index is 12.9. The molecule has 2 aromatic rings. The third kappa shape index (κ3) is 3.04. The molecule has 0 unspecified atom stereocenters. The highest BCUT2D eigenvalue weighted by atomic mass is 32.2. The van der Waals surface area contributed by atoms with Crippen molar-refractivity contribution in [2.45, 2.75) is 17.3 Å². The van der Waals surface area contributed by atoms with E-state index >= 15 is 0 Å². The van der Waals surface area contributed by atoms with E-state index in [1.807, 2.05) is 6.07 Å². The molecule has 16 heavy (non-hydrogen) atoms. The van der Waals surface area contributed by atoms with Gasteiger partial charge in [-0.2, -0.15) is 0 Å². The number of aromatic nitrogens is 1. The standard InChI is InChI=1S/C11H10FNOS2/c12-8-2-1-3-9(4-8)15-7-11-13-5-10(6-14)16-11/h1-5,14H,6-7H2. The molecule has 0 atom stereocenters. The molecule has 84 valence electrons. The van der Waals surface area contributed by atoms with E-state index in [0.717, 1.165) is 14.8 Å². The van der Waals surface area contributed by atoms with E-state index < -0.39 is 0 Å². The number of nitrogens with zero attached hydrogens (tertiary/aromatic N) is 1. The minimum absolute atomic E-state index is 0.0301. The van der Waals surface area contributed by atoms with E-state index in [-0.39, 0.29) is 12.4 Å². The average Bonchev–Trinajstić information content (AvgIpc) is 2.74. The third-order valence-electron chi connectivity index (χ3n) is 1.92. The summed E-state index contributed by atoms with van der Waals surface area (Å²) in [6, 6.07) is 6.50. The lowest BCUT2D eigenvalue weighted by atomic mass is 10.4. The van der Waals surface area contributed by atoms with Crippen LogP contribution >= 0.6 is 23.1 Å². The van der Waals surface area contributed by atoms with Crippen molar-refractivity contribution in [1.29, 1.82) is 0 Å². The Morgan fingerprint density at radius 3 is 3.00 bits per heavy atom. The van der Waals surface area contributed by atoms with Crippen LogP contribution < -0.4 is 0 Å². The van der Waals surface area contributed by atoms with Crippen molar-refractivity contribution in [2.24, 2.45) is 0 Å². The van der Waals surface area contributed by atoms with Gasteiger partial charge < -0.3 is 5.11 Å². The highest BCUT2D eigenvalue weighted by Crippen LogP contribution is 2.25. The Morgan fingerprint density at radius 1 is 1.44 bits per heavy atom. The first-order chi connectivity index (χ1) is 7.78. The maximum absolute atomic E-state index is 12.9. The number of rotatable bonds is 4. The van der Waals surface area contributed by atoms with Crippen LogP contribution in [0.25, 0.3) is 0 Å². The predicted molar refractivity (Wildman–Crippen MR) is 64.0 cm³/mol. The summed E-state index contributed by atoms with van der Waals surface area (Å²) in [7, 11) is 0. The van der Waals surface area contributed by atoms with E-state index in [2.05, 4.69) is 4.98 Å². The SMILES string of the molecule is OCc1cnc(CSc2cccc(F)c2)s1. The molecule has 0 bridgehead atoms. The van der Waals surface area contributed by atoms with Gasteiger partial charge in [0, 0.05) is 11.1 Å². The van der Waals surface area contributed by atoms with Gasteiger partial charge in [0.1, 0.15) is 10.8 Å². The minimum Gasteiger partial charge on any atom is -0.391 e. The van der Waals surface area contributed by atoms with Crippen molar-refractivity contribution in [3.05, 3.63) is 46.2 Å². The molecule has 1 N–H and O–H groups in total. The van der Waals surface area contributed by atoms with Gasteiger partial charge in [0.25, 0.3) is 0 Å². The second-order valence-corrected chi connectivity index (χ2v) is 5.37. The Kier molecular flexibility index (Phi) is 3.93. The molecular formula is C11H10FNOS2. The van der Waals surface area contributed by atoms with Gasteiger partial charge in [-0.25, -0.2) is 9.37 Å². The molecule has 0 saturated carbocycles. The molecule has 0 amide bonds. The van der Waals surface area contributed by atoms with Crippen molar-refractivity contribution in [1.82, 2.24) is 4.98 Å². The first-order valence-electron chi connectivity index (χ1n) is 4.71. The molecule has 5 heteroatoms. The second-order valence-electron chi connectivity index (χ2n) is 3.12. The number of thiazole rings is 1. The smallest absolute Gasteiger partial charge is 0.124 e. The predicted octanol–water partition coefficient (Wildman–Crippen LogP) is 3.07. The third-order valence-corrected chi connectivity index (χ3v) is 4.09. The summed E-state index contributed by atoms with van der Waals surface area (Å²) in [6.45, 7) is 0.0301. The first kappa shape index (κ1) is 11.6. The van der Waals surface area contributed by atoms with Crippen LogP contribution in [-0.4, -0.2) is 10.1 Å². The zero-order chi connectivity index (χ0) is 11.4. The molecule has 0 saturated heterocycles. The lowest BCUT2D eigenvalue weighted by Crippen LogP contribution is -1.79. The maximum Gasteiger partial charge on any atom is 0.124 e. The number of hydrogen-bond acceptors (Lipinski definition) is 4. The number of aliphatic hydroxyl groups excluding tert-OH is 1. The number of halogens is 1. The number of aliphatic hydroxyl groups is 1. The van der Waals surface area contributed by atoms with Crippen LogP contribution in [0.1, 0.15) is 9.88 Å². The fourth-order valence-electron chi connectivity index (χ4n) is 1.19. The zero-order valence-corrected chi connectivity index (χ0v) is 10.0. The number of hydrogen-bond donors (Lipinski definition) is 1. The normalized spacial score (nSPS) is 10.6. The average molecular weight is 255 g/mol. The zero-order valence-electron chi connectivity index (χ0n) is 8.39. The Morgan fingerprint density at radius 2 is 2.31 bits per heavy atom. The Labute approximate surface area is 101 Å². The molecule has 1 aromatic carbocycles. The molecule has 0 spiro atoms. The Balaban J connectivity index is 1.96. The van der Waals surface area contributed by atoms with Crippen LogP contribution in [0.2, 0.25) is 0 Å². The van der Waals surface area contributed by atoms with Gasteiger partial charge in [0.2, 0.25) is 0 Å². The summed E-state index contributed by atoms with van der Waals surface area (Å²) in [5.74, 6) is 0.480. The van der Waals surface area contributed by atoms with Crippen molar-refractivity contribution in [2.75, 3.05) is 0 Å². The quantitative estimate of drug-likeness (QED) is 0.852. The molecule has 0 aliphatic carbocycles. The van der Waals surface area contributed by atoms with E-state index in [9.17, 15) is 4.39 Å². The first-order valence-corrected chi connectivity index (χ1v) is 6.51. The van der Waals surface area contributed by atoms with Gasteiger partial charge in [0.15, 0.2) is 0 Å². The summed E-state index contributed by atoms with van der Waals surface area (Å²) < 4.78 is 12.9. The fourth-order valence-corrected chi connectivity index (χ4v) is 2.92. The summed E-state index contributed by atoms with van der Waals surface area (Å²) in [5.41, 5.74) is 0. The van der Waals surface area contributed by atoms with Crippen LogP contribution in [0.5, 0.6) is 0 Å². The van der Waals surface area contributed by atoms with Gasteiger partial charge in [-0.15, -0.1) is 23.1 Å². The Hall–Kier alpha value is -0.910. The molecule has 0 aliphatic heterocycles. The monoisotopic (exact) mass is 255 g/mol. The van der Waals surface area contributed by atoms with Crippen molar-refractivity contribution in [3.63, 3.8) is 0 Å². The molecule has 2 rings (SSSR count). The van der Waals surface area contributed by atoms with Crippen molar-refractivity contribution >= 4 is 23.1 Å². The van der Waals surface area contributed by atoms with E-state index in [1.54, 1.807) is 12.3 Å². The van der Waals surface area contributed by atoms with Gasteiger partial charge in [-0.1, -0.05) is 6.07 Å². The van der Waals surface area contributed by atoms with E-state index in [1.165, 1.54) is 35.2 Å². The summed E-state index contributed by atoms with van der Waals surface area (Å²) in [4.78, 5) is 5.91. The minimum atomic E-state index is -0.222. The number of benzene rings is 1. The number of thioether (sulfide) groups is 1. The second kappa shape index (κ2) is 5.43. The van der Waals surface area contributed by atoms with Crippen LogP contribution in [0, 0.1) is 5.82 Å². The van der Waals surface area contributed by atoms with Gasteiger partial charge in [-0.3, -0.25) is 0 Å². The summed E-state index contributed by atoms with van der Waals surface area (Å²) >= 11 is 3.02. The molecule has 0 radical (unpaired) electrons. The largest absolute Gasteiger partial charge is 0.391 e.